The summed E-state index contributed by atoms with van der Waals surface area (Å²) in [5.41, 5.74) is 0.716. The Morgan fingerprint density at radius 3 is 2.00 bits per heavy atom. The maximum atomic E-state index is 9.13. The number of unbranched alkanes of at least 4 members (excludes halogenated alkanes) is 9. The Bertz CT molecular complexity index is 572. The lowest BCUT2D eigenvalue weighted by molar-refractivity contribution is 0.302. The van der Waals surface area contributed by atoms with Crippen molar-refractivity contribution in [2.75, 3.05) is 6.61 Å². The molecule has 1 aromatic rings. The van der Waals surface area contributed by atoms with Gasteiger partial charge in [0.1, 0.15) is 17.9 Å². The first-order valence-electron chi connectivity index (χ1n) is 9.00. The quantitative estimate of drug-likeness (QED) is 0.383. The molecule has 3 nitrogen and oxygen atoms in total. The zero-order valence-electron chi connectivity index (χ0n) is 14.6. The SMILES string of the molecule is CCCCCCCCCCCCOc1ccc(C#N)c(C#N)c1Br. The predicted octanol–water partition coefficient (Wildman–Crippen LogP) is 6.49. The highest BCUT2D eigenvalue weighted by molar-refractivity contribution is 9.10. The van der Waals surface area contributed by atoms with Gasteiger partial charge in [0.2, 0.25) is 0 Å². The highest BCUT2D eigenvalue weighted by Gasteiger charge is 2.11. The van der Waals surface area contributed by atoms with Gasteiger partial charge < -0.3 is 4.74 Å². The number of rotatable bonds is 12. The van der Waals surface area contributed by atoms with Crippen LogP contribution in [-0.2, 0) is 0 Å². The smallest absolute Gasteiger partial charge is 0.134 e. The van der Waals surface area contributed by atoms with E-state index in [-0.39, 0.29) is 0 Å². The third-order valence-electron chi connectivity index (χ3n) is 4.09. The number of ether oxygens (including phenoxy) is 1. The van der Waals surface area contributed by atoms with Crippen molar-refractivity contribution in [1.82, 2.24) is 0 Å². The van der Waals surface area contributed by atoms with Gasteiger partial charge in [0, 0.05) is 0 Å². The molecule has 0 aromatic heterocycles. The molecular weight excluding hydrogens is 364 g/mol. The molecule has 4 heteroatoms. The summed E-state index contributed by atoms with van der Waals surface area (Å²) < 4.78 is 6.32. The van der Waals surface area contributed by atoms with Gasteiger partial charge in [0.25, 0.3) is 0 Å². The van der Waals surface area contributed by atoms with Crippen molar-refractivity contribution >= 4 is 15.9 Å². The maximum Gasteiger partial charge on any atom is 0.134 e. The Hall–Kier alpha value is -1.52. The third-order valence-corrected chi connectivity index (χ3v) is 4.88. The maximum absolute atomic E-state index is 9.13. The van der Waals surface area contributed by atoms with E-state index < -0.39 is 0 Å². The van der Waals surface area contributed by atoms with Crippen LogP contribution in [0.3, 0.4) is 0 Å². The molecule has 0 amide bonds. The van der Waals surface area contributed by atoms with Gasteiger partial charge in [-0.15, -0.1) is 0 Å². The molecule has 0 aliphatic heterocycles. The Kier molecular flexibility index (Phi) is 11.0. The van der Waals surface area contributed by atoms with E-state index >= 15 is 0 Å². The monoisotopic (exact) mass is 390 g/mol. The lowest BCUT2D eigenvalue weighted by Crippen LogP contribution is -1.99. The fraction of sp³-hybridized carbons (Fsp3) is 0.600. The molecule has 0 atom stereocenters. The van der Waals surface area contributed by atoms with Crippen LogP contribution >= 0.6 is 15.9 Å². The number of nitrogens with zero attached hydrogens (tertiary/aromatic N) is 2. The van der Waals surface area contributed by atoms with E-state index in [4.69, 9.17) is 15.3 Å². The second kappa shape index (κ2) is 12.8. The van der Waals surface area contributed by atoms with Crippen LogP contribution in [0.15, 0.2) is 16.6 Å². The summed E-state index contributed by atoms with van der Waals surface area (Å²) in [6, 6.07) is 7.45. The van der Waals surface area contributed by atoms with Crippen LogP contribution in [0.1, 0.15) is 82.3 Å². The van der Waals surface area contributed by atoms with E-state index in [0.717, 1.165) is 6.42 Å². The summed E-state index contributed by atoms with van der Waals surface area (Å²) in [7, 11) is 0. The molecule has 24 heavy (non-hydrogen) atoms. The van der Waals surface area contributed by atoms with E-state index in [1.807, 2.05) is 12.1 Å². The molecule has 0 saturated heterocycles. The molecule has 1 aromatic carbocycles. The van der Waals surface area contributed by atoms with Gasteiger partial charge >= 0.3 is 0 Å². The van der Waals surface area contributed by atoms with Crippen LogP contribution in [0.2, 0.25) is 0 Å². The highest BCUT2D eigenvalue weighted by Crippen LogP contribution is 2.30. The Balaban J connectivity index is 2.16. The van der Waals surface area contributed by atoms with Crippen molar-refractivity contribution in [2.45, 2.75) is 71.1 Å². The molecule has 130 valence electrons. The van der Waals surface area contributed by atoms with Crippen LogP contribution in [0.25, 0.3) is 0 Å². The standard InChI is InChI=1S/C20H27BrN2O/c1-2-3-4-5-6-7-8-9-10-11-14-24-19-13-12-17(15-22)18(16-23)20(19)21/h12-13H,2-11,14H2,1H3. The van der Waals surface area contributed by atoms with Crippen molar-refractivity contribution in [3.63, 3.8) is 0 Å². The summed E-state index contributed by atoms with van der Waals surface area (Å²) >= 11 is 3.36. The number of benzene rings is 1. The molecule has 0 aliphatic rings. The summed E-state index contributed by atoms with van der Waals surface area (Å²) in [4.78, 5) is 0. The number of hydrogen-bond donors (Lipinski definition) is 0. The lowest BCUT2D eigenvalue weighted by Gasteiger charge is -2.09. The molecule has 0 radical (unpaired) electrons. The van der Waals surface area contributed by atoms with E-state index in [2.05, 4.69) is 22.9 Å². The normalized spacial score (nSPS) is 10.2. The van der Waals surface area contributed by atoms with Crippen molar-refractivity contribution in [3.05, 3.63) is 27.7 Å². The molecule has 0 aliphatic carbocycles. The minimum Gasteiger partial charge on any atom is -0.492 e. The van der Waals surface area contributed by atoms with Gasteiger partial charge in [-0.2, -0.15) is 10.5 Å². The topological polar surface area (TPSA) is 56.8 Å². The zero-order chi connectivity index (χ0) is 17.6. The van der Waals surface area contributed by atoms with Crippen molar-refractivity contribution in [2.24, 2.45) is 0 Å². The molecule has 1 rings (SSSR count). The van der Waals surface area contributed by atoms with Crippen LogP contribution in [0.5, 0.6) is 5.75 Å². The van der Waals surface area contributed by atoms with Gasteiger partial charge in [0.05, 0.1) is 22.2 Å². The fourth-order valence-electron chi connectivity index (χ4n) is 2.64. The van der Waals surface area contributed by atoms with E-state index in [1.54, 1.807) is 12.1 Å². The minimum absolute atomic E-state index is 0.345. The predicted molar refractivity (Wildman–Crippen MR) is 101 cm³/mol. The molecular formula is C20H27BrN2O. The summed E-state index contributed by atoms with van der Waals surface area (Å²) in [6.45, 7) is 2.89. The molecule has 0 heterocycles. The van der Waals surface area contributed by atoms with Gasteiger partial charge in [-0.1, -0.05) is 64.7 Å². The second-order valence-electron chi connectivity index (χ2n) is 6.05. The van der Waals surface area contributed by atoms with Crippen LogP contribution in [0, 0.1) is 22.7 Å². The van der Waals surface area contributed by atoms with Crippen molar-refractivity contribution < 1.29 is 4.74 Å². The van der Waals surface area contributed by atoms with Gasteiger partial charge in [-0.3, -0.25) is 0 Å². The van der Waals surface area contributed by atoms with Gasteiger partial charge in [-0.05, 0) is 34.5 Å². The third kappa shape index (κ3) is 7.37. The van der Waals surface area contributed by atoms with Crippen molar-refractivity contribution in [3.8, 4) is 17.9 Å². The number of nitriles is 2. The minimum atomic E-state index is 0.345. The lowest BCUT2D eigenvalue weighted by atomic mass is 10.1. The zero-order valence-corrected chi connectivity index (χ0v) is 16.2. The Morgan fingerprint density at radius 1 is 0.875 bits per heavy atom. The summed E-state index contributed by atoms with van der Waals surface area (Å²) in [5, 5.41) is 18.1. The largest absolute Gasteiger partial charge is 0.492 e. The molecule has 0 fully saturated rings. The molecule has 0 spiro atoms. The summed E-state index contributed by atoms with van der Waals surface area (Å²) in [5.74, 6) is 0.640. The first-order valence-corrected chi connectivity index (χ1v) is 9.79. The average Bonchev–Trinajstić information content (AvgIpc) is 2.60. The van der Waals surface area contributed by atoms with Crippen LogP contribution in [-0.4, -0.2) is 6.61 Å². The van der Waals surface area contributed by atoms with Gasteiger partial charge in [-0.25, -0.2) is 0 Å². The molecule has 0 N–H and O–H groups in total. The average molecular weight is 391 g/mol. The fourth-order valence-corrected chi connectivity index (χ4v) is 3.19. The molecule has 0 saturated carbocycles. The highest BCUT2D eigenvalue weighted by atomic mass is 79.9. The Morgan fingerprint density at radius 2 is 1.46 bits per heavy atom. The first-order chi connectivity index (χ1) is 11.7. The van der Waals surface area contributed by atoms with Crippen molar-refractivity contribution in [1.29, 1.82) is 10.5 Å². The van der Waals surface area contributed by atoms with E-state index in [0.29, 0.717) is 28.0 Å². The summed E-state index contributed by atoms with van der Waals surface area (Å²) in [6.07, 6.45) is 12.9. The second-order valence-corrected chi connectivity index (χ2v) is 6.85. The van der Waals surface area contributed by atoms with Crippen LogP contribution in [0.4, 0.5) is 0 Å². The van der Waals surface area contributed by atoms with Crippen LogP contribution < -0.4 is 4.74 Å². The van der Waals surface area contributed by atoms with Gasteiger partial charge in [0.15, 0.2) is 0 Å². The number of halogens is 1. The first kappa shape index (κ1) is 20.5. The van der Waals surface area contributed by atoms with E-state index in [9.17, 15) is 0 Å². The molecule has 0 unspecified atom stereocenters. The number of hydrogen-bond acceptors (Lipinski definition) is 3. The van der Waals surface area contributed by atoms with E-state index in [1.165, 1.54) is 57.8 Å². The molecule has 0 bridgehead atoms. The Labute approximate surface area is 154 Å².